The molecular formula is C21H20FNO2S. The van der Waals surface area contributed by atoms with Gasteiger partial charge < -0.3 is 0 Å². The van der Waals surface area contributed by atoms with Crippen molar-refractivity contribution in [2.75, 3.05) is 0 Å². The maximum atomic E-state index is 13.5. The standard InChI is InChI=1S/C21H20FNO2S/c1-15-7-6-10-18(13-15)21(17-8-4-3-5-9-17)23-26(24,25)19-11-12-20(22)16(2)14-19/h3-14,21,23H,1-2H3. The summed E-state index contributed by atoms with van der Waals surface area (Å²) in [5, 5.41) is 0. The number of halogens is 1. The average molecular weight is 369 g/mol. The Morgan fingerprint density at radius 1 is 0.846 bits per heavy atom. The number of aryl methyl sites for hydroxylation is 2. The fraction of sp³-hybridized carbons (Fsp3) is 0.143. The molecule has 0 heterocycles. The van der Waals surface area contributed by atoms with Crippen molar-refractivity contribution in [2.45, 2.75) is 24.8 Å². The predicted molar refractivity (Wildman–Crippen MR) is 101 cm³/mol. The fourth-order valence-corrected chi connectivity index (χ4v) is 4.13. The second-order valence-electron chi connectivity index (χ2n) is 6.29. The van der Waals surface area contributed by atoms with E-state index in [2.05, 4.69) is 4.72 Å². The van der Waals surface area contributed by atoms with Crippen LogP contribution in [0, 0.1) is 19.7 Å². The minimum Gasteiger partial charge on any atom is -0.207 e. The second-order valence-corrected chi connectivity index (χ2v) is 8.00. The second kappa shape index (κ2) is 7.40. The molecule has 0 saturated heterocycles. The van der Waals surface area contributed by atoms with Gasteiger partial charge in [0.1, 0.15) is 5.82 Å². The Morgan fingerprint density at radius 3 is 2.19 bits per heavy atom. The van der Waals surface area contributed by atoms with Crippen LogP contribution < -0.4 is 4.72 Å². The molecule has 1 unspecified atom stereocenters. The van der Waals surface area contributed by atoms with Gasteiger partial charge in [-0.15, -0.1) is 0 Å². The van der Waals surface area contributed by atoms with E-state index in [1.165, 1.54) is 18.2 Å². The number of sulfonamides is 1. The number of hydrogen-bond donors (Lipinski definition) is 1. The van der Waals surface area contributed by atoms with Crippen LogP contribution in [0.1, 0.15) is 28.3 Å². The Hall–Kier alpha value is -2.50. The molecule has 1 atom stereocenters. The van der Waals surface area contributed by atoms with Crippen LogP contribution in [0.4, 0.5) is 4.39 Å². The van der Waals surface area contributed by atoms with Crippen molar-refractivity contribution in [3.8, 4) is 0 Å². The highest BCUT2D eigenvalue weighted by Crippen LogP contribution is 2.25. The minimum atomic E-state index is -3.82. The zero-order valence-electron chi connectivity index (χ0n) is 14.6. The van der Waals surface area contributed by atoms with E-state index in [-0.39, 0.29) is 4.90 Å². The van der Waals surface area contributed by atoms with Gasteiger partial charge in [0.25, 0.3) is 0 Å². The van der Waals surface area contributed by atoms with E-state index in [0.717, 1.165) is 16.7 Å². The number of nitrogens with one attached hydrogen (secondary N) is 1. The molecule has 26 heavy (non-hydrogen) atoms. The van der Waals surface area contributed by atoms with Gasteiger partial charge in [-0.2, -0.15) is 4.72 Å². The van der Waals surface area contributed by atoms with Crippen LogP contribution in [0.15, 0.2) is 77.7 Å². The van der Waals surface area contributed by atoms with Crippen molar-refractivity contribution in [2.24, 2.45) is 0 Å². The molecule has 5 heteroatoms. The van der Waals surface area contributed by atoms with Gasteiger partial charge in [0.05, 0.1) is 10.9 Å². The molecule has 3 aromatic carbocycles. The molecule has 0 aliphatic rings. The smallest absolute Gasteiger partial charge is 0.207 e. The average Bonchev–Trinajstić information content (AvgIpc) is 2.62. The first-order valence-electron chi connectivity index (χ1n) is 8.27. The SMILES string of the molecule is Cc1cccc(C(NS(=O)(=O)c2ccc(F)c(C)c2)c2ccccc2)c1. The molecule has 3 aromatic rings. The molecule has 0 spiro atoms. The summed E-state index contributed by atoms with van der Waals surface area (Å²) in [5.41, 5.74) is 3.01. The predicted octanol–water partition coefficient (Wildman–Crippen LogP) is 4.51. The van der Waals surface area contributed by atoms with Crippen molar-refractivity contribution >= 4 is 10.0 Å². The van der Waals surface area contributed by atoms with Gasteiger partial charge in [-0.3, -0.25) is 0 Å². The van der Waals surface area contributed by atoms with Crippen molar-refractivity contribution in [1.29, 1.82) is 0 Å². The maximum absolute atomic E-state index is 13.5. The Labute approximate surface area is 153 Å². The highest BCUT2D eigenvalue weighted by atomic mass is 32.2. The van der Waals surface area contributed by atoms with Crippen LogP contribution in [0.2, 0.25) is 0 Å². The van der Waals surface area contributed by atoms with Crippen molar-refractivity contribution in [3.63, 3.8) is 0 Å². The van der Waals surface area contributed by atoms with Crippen molar-refractivity contribution in [1.82, 2.24) is 4.72 Å². The Bertz CT molecular complexity index is 1020. The molecule has 0 amide bonds. The quantitative estimate of drug-likeness (QED) is 0.719. The molecule has 0 aliphatic heterocycles. The summed E-state index contributed by atoms with van der Waals surface area (Å²) < 4.78 is 42.1. The summed E-state index contributed by atoms with van der Waals surface area (Å²) in [6.45, 7) is 3.51. The maximum Gasteiger partial charge on any atom is 0.241 e. The Balaban J connectivity index is 2.04. The van der Waals surface area contributed by atoms with Crippen molar-refractivity contribution in [3.05, 3.63) is 101 Å². The third-order valence-corrected chi connectivity index (χ3v) is 5.64. The lowest BCUT2D eigenvalue weighted by Gasteiger charge is -2.20. The van der Waals surface area contributed by atoms with Crippen molar-refractivity contribution < 1.29 is 12.8 Å². The monoisotopic (exact) mass is 369 g/mol. The zero-order valence-corrected chi connectivity index (χ0v) is 15.4. The van der Waals surface area contributed by atoms with Crippen LogP contribution in [-0.2, 0) is 10.0 Å². The molecule has 134 valence electrons. The Kier molecular flexibility index (Phi) is 5.20. The van der Waals surface area contributed by atoms with E-state index in [1.54, 1.807) is 6.92 Å². The molecule has 0 fully saturated rings. The lowest BCUT2D eigenvalue weighted by Crippen LogP contribution is -2.29. The zero-order chi connectivity index (χ0) is 18.7. The molecule has 0 radical (unpaired) electrons. The number of hydrogen-bond acceptors (Lipinski definition) is 2. The van der Waals surface area contributed by atoms with E-state index >= 15 is 0 Å². The van der Waals surface area contributed by atoms with E-state index < -0.39 is 21.9 Å². The topological polar surface area (TPSA) is 46.2 Å². The highest BCUT2D eigenvalue weighted by Gasteiger charge is 2.23. The van der Waals surface area contributed by atoms with Gasteiger partial charge in [-0.1, -0.05) is 60.2 Å². The Morgan fingerprint density at radius 2 is 1.54 bits per heavy atom. The molecule has 0 aromatic heterocycles. The molecule has 0 saturated carbocycles. The first-order valence-corrected chi connectivity index (χ1v) is 9.75. The summed E-state index contributed by atoms with van der Waals surface area (Å²) in [6, 6.07) is 20.4. The van der Waals surface area contributed by atoms with Gasteiger partial charge in [-0.05, 0) is 48.7 Å². The molecule has 0 bridgehead atoms. The molecule has 0 aliphatic carbocycles. The molecule has 3 nitrogen and oxygen atoms in total. The van der Waals surface area contributed by atoms with Gasteiger partial charge >= 0.3 is 0 Å². The number of benzene rings is 3. The third kappa shape index (κ3) is 4.00. The first-order chi connectivity index (χ1) is 12.4. The largest absolute Gasteiger partial charge is 0.241 e. The van der Waals surface area contributed by atoms with E-state index in [9.17, 15) is 12.8 Å². The molecular weight excluding hydrogens is 349 g/mol. The summed E-state index contributed by atoms with van der Waals surface area (Å²) in [4.78, 5) is 0.0463. The van der Waals surface area contributed by atoms with Crippen LogP contribution in [0.25, 0.3) is 0 Å². The van der Waals surface area contributed by atoms with Gasteiger partial charge in [-0.25, -0.2) is 12.8 Å². The third-order valence-electron chi connectivity index (χ3n) is 4.22. The van der Waals surface area contributed by atoms with Crippen LogP contribution in [0.5, 0.6) is 0 Å². The van der Waals surface area contributed by atoms with Gasteiger partial charge in [0, 0.05) is 0 Å². The summed E-state index contributed by atoms with van der Waals surface area (Å²) in [7, 11) is -3.82. The normalized spacial score (nSPS) is 12.7. The summed E-state index contributed by atoms with van der Waals surface area (Å²) in [6.07, 6.45) is 0. The number of rotatable bonds is 5. The lowest BCUT2D eigenvalue weighted by molar-refractivity contribution is 0.571. The summed E-state index contributed by atoms with van der Waals surface area (Å²) in [5.74, 6) is -0.428. The first kappa shape index (κ1) is 18.3. The van der Waals surface area contributed by atoms with Gasteiger partial charge in [0.15, 0.2) is 0 Å². The van der Waals surface area contributed by atoms with Gasteiger partial charge in [0.2, 0.25) is 10.0 Å². The van der Waals surface area contributed by atoms with E-state index in [0.29, 0.717) is 5.56 Å². The minimum absolute atomic E-state index is 0.0463. The lowest BCUT2D eigenvalue weighted by atomic mass is 9.98. The summed E-state index contributed by atoms with van der Waals surface area (Å²) >= 11 is 0. The fourth-order valence-electron chi connectivity index (χ4n) is 2.83. The molecule has 3 rings (SSSR count). The van der Waals surface area contributed by atoms with Crippen LogP contribution in [0.3, 0.4) is 0 Å². The highest BCUT2D eigenvalue weighted by molar-refractivity contribution is 7.89. The van der Waals surface area contributed by atoms with E-state index in [1.807, 2.05) is 61.5 Å². The van der Waals surface area contributed by atoms with Crippen LogP contribution >= 0.6 is 0 Å². The van der Waals surface area contributed by atoms with E-state index in [4.69, 9.17) is 0 Å². The molecule has 1 N–H and O–H groups in total. The van der Waals surface area contributed by atoms with Crippen LogP contribution in [-0.4, -0.2) is 8.42 Å².